The molecule has 0 radical (unpaired) electrons. The van der Waals surface area contributed by atoms with Gasteiger partial charge < -0.3 is 5.11 Å². The fourth-order valence-electron chi connectivity index (χ4n) is 1.43. The van der Waals surface area contributed by atoms with Crippen molar-refractivity contribution in [2.24, 2.45) is 0 Å². The summed E-state index contributed by atoms with van der Waals surface area (Å²) in [5, 5.41) is 27.1. The number of aliphatic hydroxyl groups excluding tert-OH is 1. The number of hydrogen-bond acceptors (Lipinski definition) is 5. The lowest BCUT2D eigenvalue weighted by Crippen LogP contribution is -1.98. The van der Waals surface area contributed by atoms with Gasteiger partial charge in [0.05, 0.1) is 23.4 Å². The fraction of sp³-hybridized carbons (Fsp3) is 0.200. The number of nitro groups is 1. The van der Waals surface area contributed by atoms with Crippen LogP contribution in [0.25, 0.3) is 5.69 Å². The molecule has 0 saturated carbocycles. The maximum Gasteiger partial charge on any atom is 0.274 e. The van der Waals surface area contributed by atoms with Crippen LogP contribution >= 0.6 is 0 Å². The molecule has 2 rings (SSSR count). The van der Waals surface area contributed by atoms with Gasteiger partial charge in [-0.05, 0) is 13.0 Å². The zero-order valence-corrected chi connectivity index (χ0v) is 9.07. The van der Waals surface area contributed by atoms with E-state index in [2.05, 4.69) is 10.3 Å². The predicted octanol–water partition coefficient (Wildman–Crippen LogP) is 0.976. The molecule has 1 N–H and O–H groups in total. The molecule has 0 saturated heterocycles. The second kappa shape index (κ2) is 4.30. The lowest BCUT2D eigenvalue weighted by molar-refractivity contribution is -0.385. The van der Waals surface area contributed by atoms with E-state index >= 15 is 0 Å². The van der Waals surface area contributed by atoms with Gasteiger partial charge in [0, 0.05) is 11.6 Å². The highest BCUT2D eigenvalue weighted by Crippen LogP contribution is 2.21. The van der Waals surface area contributed by atoms with Crippen LogP contribution in [0.15, 0.2) is 24.4 Å². The summed E-state index contributed by atoms with van der Waals surface area (Å²) in [5.74, 6) is 0. The summed E-state index contributed by atoms with van der Waals surface area (Å²) >= 11 is 0. The standard InChI is InChI=1S/C10H10N4O3/c1-7-2-3-9(4-10(7)14(16)17)13-5-8(6-15)11-12-13/h2-5,15H,6H2,1H3. The molecule has 88 valence electrons. The van der Waals surface area contributed by atoms with Crippen LogP contribution in [-0.2, 0) is 6.61 Å². The molecule has 17 heavy (non-hydrogen) atoms. The van der Waals surface area contributed by atoms with Crippen LogP contribution in [0.1, 0.15) is 11.3 Å². The van der Waals surface area contributed by atoms with E-state index in [9.17, 15) is 10.1 Å². The first-order valence-corrected chi connectivity index (χ1v) is 4.89. The van der Waals surface area contributed by atoms with Crippen molar-refractivity contribution in [3.63, 3.8) is 0 Å². The van der Waals surface area contributed by atoms with Crippen molar-refractivity contribution in [1.82, 2.24) is 15.0 Å². The summed E-state index contributed by atoms with van der Waals surface area (Å²) in [4.78, 5) is 10.3. The van der Waals surface area contributed by atoms with Crippen LogP contribution < -0.4 is 0 Å². The van der Waals surface area contributed by atoms with Crippen LogP contribution in [0.4, 0.5) is 5.69 Å². The molecular weight excluding hydrogens is 224 g/mol. The first-order chi connectivity index (χ1) is 8.11. The molecule has 0 aliphatic carbocycles. The number of rotatable bonds is 3. The molecule has 0 atom stereocenters. The van der Waals surface area contributed by atoms with E-state index in [4.69, 9.17) is 5.11 Å². The summed E-state index contributed by atoms with van der Waals surface area (Å²) in [7, 11) is 0. The molecule has 1 aromatic carbocycles. The van der Waals surface area contributed by atoms with Crippen molar-refractivity contribution in [3.8, 4) is 5.69 Å². The minimum Gasteiger partial charge on any atom is -0.390 e. The van der Waals surface area contributed by atoms with E-state index in [0.717, 1.165) is 0 Å². The summed E-state index contributed by atoms with van der Waals surface area (Å²) < 4.78 is 1.39. The van der Waals surface area contributed by atoms with E-state index in [0.29, 0.717) is 16.9 Å². The molecule has 7 nitrogen and oxygen atoms in total. The number of aromatic nitrogens is 3. The number of benzene rings is 1. The molecule has 0 aliphatic rings. The molecule has 0 unspecified atom stereocenters. The van der Waals surface area contributed by atoms with E-state index in [-0.39, 0.29) is 12.3 Å². The highest BCUT2D eigenvalue weighted by Gasteiger charge is 2.12. The Balaban J connectivity index is 2.46. The molecule has 0 fully saturated rings. The first kappa shape index (κ1) is 11.2. The van der Waals surface area contributed by atoms with Gasteiger partial charge >= 0.3 is 0 Å². The minimum absolute atomic E-state index is 0.0311. The normalized spacial score (nSPS) is 10.5. The smallest absolute Gasteiger partial charge is 0.274 e. The molecule has 1 heterocycles. The van der Waals surface area contributed by atoms with Gasteiger partial charge in [-0.3, -0.25) is 10.1 Å². The first-order valence-electron chi connectivity index (χ1n) is 4.89. The second-order valence-electron chi connectivity index (χ2n) is 3.54. The highest BCUT2D eigenvalue weighted by molar-refractivity contribution is 5.48. The van der Waals surface area contributed by atoms with E-state index in [1.54, 1.807) is 19.1 Å². The Morgan fingerprint density at radius 3 is 2.88 bits per heavy atom. The largest absolute Gasteiger partial charge is 0.390 e. The van der Waals surface area contributed by atoms with Gasteiger partial charge in [-0.25, -0.2) is 4.68 Å². The molecule has 0 aliphatic heterocycles. The van der Waals surface area contributed by atoms with Crippen molar-refractivity contribution in [3.05, 3.63) is 45.8 Å². The van der Waals surface area contributed by atoms with Crippen LogP contribution in [-0.4, -0.2) is 25.0 Å². The average molecular weight is 234 g/mol. The summed E-state index contributed by atoms with van der Waals surface area (Å²) in [5.41, 5.74) is 1.56. The van der Waals surface area contributed by atoms with Gasteiger partial charge in [-0.2, -0.15) is 0 Å². The van der Waals surface area contributed by atoms with E-state index in [1.165, 1.54) is 16.9 Å². The van der Waals surface area contributed by atoms with Gasteiger partial charge in [0.1, 0.15) is 5.69 Å². The van der Waals surface area contributed by atoms with Crippen LogP contribution in [0.3, 0.4) is 0 Å². The second-order valence-corrected chi connectivity index (χ2v) is 3.54. The van der Waals surface area contributed by atoms with Crippen LogP contribution in [0.2, 0.25) is 0 Å². The molecule has 0 bridgehead atoms. The zero-order valence-electron chi connectivity index (χ0n) is 9.07. The van der Waals surface area contributed by atoms with Crippen molar-refractivity contribution >= 4 is 5.69 Å². The third-order valence-electron chi connectivity index (χ3n) is 2.36. The molecule has 1 aromatic heterocycles. The van der Waals surface area contributed by atoms with E-state index in [1.807, 2.05) is 0 Å². The lowest BCUT2D eigenvalue weighted by Gasteiger charge is -2.01. The van der Waals surface area contributed by atoms with Crippen LogP contribution in [0.5, 0.6) is 0 Å². The van der Waals surface area contributed by atoms with Gasteiger partial charge in [-0.15, -0.1) is 5.10 Å². The maximum atomic E-state index is 10.8. The van der Waals surface area contributed by atoms with Crippen molar-refractivity contribution in [1.29, 1.82) is 0 Å². The number of aryl methyl sites for hydroxylation is 1. The Hall–Kier alpha value is -2.28. The van der Waals surface area contributed by atoms with Gasteiger partial charge in [0.2, 0.25) is 0 Å². The summed E-state index contributed by atoms with van der Waals surface area (Å²) in [6, 6.07) is 4.77. The van der Waals surface area contributed by atoms with Gasteiger partial charge in [-0.1, -0.05) is 11.3 Å². The monoisotopic (exact) mass is 234 g/mol. The Morgan fingerprint density at radius 1 is 1.53 bits per heavy atom. The average Bonchev–Trinajstić information content (AvgIpc) is 2.78. The lowest BCUT2D eigenvalue weighted by atomic mass is 10.2. The van der Waals surface area contributed by atoms with Crippen molar-refractivity contribution < 1.29 is 10.0 Å². The Bertz CT molecular complexity index is 564. The SMILES string of the molecule is Cc1ccc(-n2cc(CO)nn2)cc1[N+](=O)[O-]. The molecule has 2 aromatic rings. The molecule has 0 spiro atoms. The van der Waals surface area contributed by atoms with E-state index < -0.39 is 4.92 Å². The third kappa shape index (κ3) is 2.13. The van der Waals surface area contributed by atoms with Gasteiger partial charge in [0.25, 0.3) is 5.69 Å². The fourth-order valence-corrected chi connectivity index (χ4v) is 1.43. The number of nitrogens with zero attached hydrogens (tertiary/aromatic N) is 4. The number of hydrogen-bond donors (Lipinski definition) is 1. The predicted molar refractivity (Wildman–Crippen MR) is 58.7 cm³/mol. The zero-order chi connectivity index (χ0) is 12.4. The quantitative estimate of drug-likeness (QED) is 0.631. The Morgan fingerprint density at radius 2 is 2.29 bits per heavy atom. The number of nitro benzene ring substituents is 1. The highest BCUT2D eigenvalue weighted by atomic mass is 16.6. The number of aliphatic hydroxyl groups is 1. The molecule has 0 amide bonds. The summed E-state index contributed by atoms with van der Waals surface area (Å²) in [6.07, 6.45) is 1.52. The van der Waals surface area contributed by atoms with Crippen molar-refractivity contribution in [2.75, 3.05) is 0 Å². The van der Waals surface area contributed by atoms with Crippen LogP contribution in [0, 0.1) is 17.0 Å². The third-order valence-corrected chi connectivity index (χ3v) is 2.36. The summed E-state index contributed by atoms with van der Waals surface area (Å²) in [6.45, 7) is 1.45. The molecular formula is C10H10N4O3. The Kier molecular flexibility index (Phi) is 2.84. The van der Waals surface area contributed by atoms with Gasteiger partial charge in [0.15, 0.2) is 0 Å². The topological polar surface area (TPSA) is 94.1 Å². The Labute approximate surface area is 96.5 Å². The molecule has 7 heteroatoms. The maximum absolute atomic E-state index is 10.8. The minimum atomic E-state index is -0.442. The van der Waals surface area contributed by atoms with Crippen molar-refractivity contribution in [2.45, 2.75) is 13.5 Å².